The maximum absolute atomic E-state index is 14.6. The topological polar surface area (TPSA) is 108 Å². The van der Waals surface area contributed by atoms with Gasteiger partial charge in [-0.05, 0) is 108 Å². The van der Waals surface area contributed by atoms with Gasteiger partial charge < -0.3 is 25.4 Å². The predicted molar refractivity (Wildman–Crippen MR) is 170 cm³/mol. The second kappa shape index (κ2) is 13.8. The molecule has 3 aromatic rings. The second-order valence-electron chi connectivity index (χ2n) is 12.4. The summed E-state index contributed by atoms with van der Waals surface area (Å²) in [5.74, 6) is -0.695. The molecular formula is C35H45N3O5. The van der Waals surface area contributed by atoms with Gasteiger partial charge in [0, 0.05) is 18.2 Å². The van der Waals surface area contributed by atoms with Crippen LogP contribution in [0.3, 0.4) is 0 Å². The van der Waals surface area contributed by atoms with Crippen molar-refractivity contribution in [1.82, 2.24) is 10.2 Å². The Labute approximate surface area is 255 Å². The fourth-order valence-corrected chi connectivity index (χ4v) is 5.07. The lowest BCUT2D eigenvalue weighted by Crippen LogP contribution is -2.55. The van der Waals surface area contributed by atoms with E-state index in [0.29, 0.717) is 11.3 Å². The molecule has 230 valence electrons. The highest BCUT2D eigenvalue weighted by atomic mass is 16.6. The molecule has 3 amide bonds. The van der Waals surface area contributed by atoms with Crippen LogP contribution in [0.1, 0.15) is 74.0 Å². The Bertz CT molecular complexity index is 1440. The molecule has 0 aliphatic heterocycles. The molecule has 0 radical (unpaired) electrons. The first-order chi connectivity index (χ1) is 20.1. The van der Waals surface area contributed by atoms with Gasteiger partial charge in [-0.2, -0.15) is 0 Å². The fraction of sp³-hybridized carbons (Fsp3) is 0.400. The Kier molecular flexibility index (Phi) is 10.6. The Morgan fingerprint density at radius 2 is 1.42 bits per heavy atom. The number of phenols is 1. The first kappa shape index (κ1) is 33.2. The molecule has 0 aliphatic rings. The SMILES string of the molecule is Cc1cccc(C(C(=O)Nc2c(C)cccc2C)N(C(=O)C(Cc2ccc(O)cc2)NC(=O)OC(C)(C)C)C(C)C)c1C. The van der Waals surface area contributed by atoms with E-state index in [1.54, 1.807) is 37.8 Å². The number of carbonyl (C=O) groups is 3. The Balaban J connectivity index is 2.13. The van der Waals surface area contributed by atoms with E-state index in [2.05, 4.69) is 10.6 Å². The highest BCUT2D eigenvalue weighted by molar-refractivity contribution is 6.00. The number of para-hydroxylation sites is 1. The van der Waals surface area contributed by atoms with Crippen LogP contribution in [0.2, 0.25) is 0 Å². The number of nitrogens with zero attached hydrogens (tertiary/aromatic N) is 1. The van der Waals surface area contributed by atoms with Crippen molar-refractivity contribution >= 4 is 23.6 Å². The van der Waals surface area contributed by atoms with Crippen LogP contribution in [-0.4, -0.2) is 45.6 Å². The molecule has 0 spiro atoms. The molecule has 0 heterocycles. The van der Waals surface area contributed by atoms with Crippen LogP contribution in [0.25, 0.3) is 0 Å². The molecule has 0 saturated carbocycles. The Morgan fingerprint density at radius 3 is 1.98 bits per heavy atom. The van der Waals surface area contributed by atoms with Crippen molar-refractivity contribution in [2.45, 2.75) is 92.5 Å². The average molecular weight is 588 g/mol. The molecule has 43 heavy (non-hydrogen) atoms. The van der Waals surface area contributed by atoms with Crippen molar-refractivity contribution in [3.05, 3.63) is 94.0 Å². The normalized spacial score (nSPS) is 12.8. The number of alkyl carbamates (subject to hydrolysis) is 1. The van der Waals surface area contributed by atoms with E-state index in [9.17, 15) is 19.5 Å². The standard InChI is InChI=1S/C35H45N3O5/c1-21(2)38(33(41)29(36-34(42)43-35(7,8)9)20-26-16-18-27(39)19-17-26)31(28-15-11-12-22(3)25(28)6)32(40)37-30-23(4)13-10-14-24(30)5/h10-19,21,29,31,39H,20H2,1-9H3,(H,36,42)(H,37,40). The van der Waals surface area contributed by atoms with Gasteiger partial charge in [0.15, 0.2) is 0 Å². The van der Waals surface area contributed by atoms with Gasteiger partial charge in [0.2, 0.25) is 5.91 Å². The van der Waals surface area contributed by atoms with Gasteiger partial charge in [-0.15, -0.1) is 0 Å². The predicted octanol–water partition coefficient (Wildman–Crippen LogP) is 6.68. The number of hydrogen-bond acceptors (Lipinski definition) is 5. The second-order valence-corrected chi connectivity index (χ2v) is 12.4. The zero-order valence-electron chi connectivity index (χ0n) is 26.7. The minimum absolute atomic E-state index is 0.0914. The number of anilines is 1. The molecule has 8 nitrogen and oxygen atoms in total. The van der Waals surface area contributed by atoms with Crippen LogP contribution in [0.15, 0.2) is 60.7 Å². The number of amides is 3. The van der Waals surface area contributed by atoms with Crippen molar-refractivity contribution in [3.63, 3.8) is 0 Å². The van der Waals surface area contributed by atoms with E-state index >= 15 is 0 Å². The zero-order valence-corrected chi connectivity index (χ0v) is 26.7. The molecular weight excluding hydrogens is 542 g/mol. The molecule has 0 fully saturated rings. The van der Waals surface area contributed by atoms with Gasteiger partial charge in [-0.1, -0.05) is 48.5 Å². The quantitative estimate of drug-likeness (QED) is 0.259. The molecule has 2 unspecified atom stereocenters. The molecule has 8 heteroatoms. The lowest BCUT2D eigenvalue weighted by molar-refractivity contribution is -0.142. The zero-order chi connectivity index (χ0) is 32.1. The molecule has 3 aromatic carbocycles. The first-order valence-electron chi connectivity index (χ1n) is 14.6. The summed E-state index contributed by atoms with van der Waals surface area (Å²) >= 11 is 0. The van der Waals surface area contributed by atoms with E-state index in [0.717, 1.165) is 27.8 Å². The van der Waals surface area contributed by atoms with E-state index in [1.165, 1.54) is 12.1 Å². The molecule has 3 N–H and O–H groups in total. The minimum Gasteiger partial charge on any atom is -0.508 e. The fourth-order valence-electron chi connectivity index (χ4n) is 5.07. The summed E-state index contributed by atoms with van der Waals surface area (Å²) in [7, 11) is 0. The van der Waals surface area contributed by atoms with Crippen molar-refractivity contribution in [3.8, 4) is 5.75 Å². The summed E-state index contributed by atoms with van der Waals surface area (Å²) in [5, 5.41) is 15.7. The number of aryl methyl sites for hydroxylation is 3. The first-order valence-corrected chi connectivity index (χ1v) is 14.6. The number of carbonyl (C=O) groups excluding carboxylic acids is 3. The maximum atomic E-state index is 14.6. The van der Waals surface area contributed by atoms with E-state index in [1.807, 2.05) is 77.9 Å². The number of phenolic OH excluding ortho intramolecular Hbond substituents is 1. The molecule has 3 rings (SSSR count). The molecule has 0 aliphatic carbocycles. The number of nitrogens with one attached hydrogen (secondary N) is 2. The monoisotopic (exact) mass is 587 g/mol. The maximum Gasteiger partial charge on any atom is 0.408 e. The van der Waals surface area contributed by atoms with Gasteiger partial charge in [-0.25, -0.2) is 4.79 Å². The number of rotatable bonds is 9. The van der Waals surface area contributed by atoms with Crippen LogP contribution in [0.4, 0.5) is 10.5 Å². The highest BCUT2D eigenvalue weighted by Gasteiger charge is 2.39. The van der Waals surface area contributed by atoms with Crippen LogP contribution in [0.5, 0.6) is 5.75 Å². The number of hydrogen-bond donors (Lipinski definition) is 3. The summed E-state index contributed by atoms with van der Waals surface area (Å²) in [5.41, 5.74) is 5.06. The molecule has 0 saturated heterocycles. The molecule has 0 aromatic heterocycles. The Morgan fingerprint density at radius 1 is 0.860 bits per heavy atom. The number of ether oxygens (including phenoxy) is 1. The van der Waals surface area contributed by atoms with Crippen molar-refractivity contribution in [1.29, 1.82) is 0 Å². The molecule has 0 bridgehead atoms. The van der Waals surface area contributed by atoms with Gasteiger partial charge in [0.25, 0.3) is 5.91 Å². The summed E-state index contributed by atoms with van der Waals surface area (Å²) < 4.78 is 5.51. The van der Waals surface area contributed by atoms with E-state index < -0.39 is 35.7 Å². The van der Waals surface area contributed by atoms with Crippen LogP contribution in [-0.2, 0) is 20.7 Å². The third-order valence-electron chi connectivity index (χ3n) is 7.37. The van der Waals surface area contributed by atoms with Crippen molar-refractivity contribution in [2.24, 2.45) is 0 Å². The Hall–Kier alpha value is -4.33. The molecule has 2 atom stereocenters. The van der Waals surface area contributed by atoms with E-state index in [-0.39, 0.29) is 18.1 Å². The van der Waals surface area contributed by atoms with E-state index in [4.69, 9.17) is 4.74 Å². The third-order valence-corrected chi connectivity index (χ3v) is 7.37. The lowest BCUT2D eigenvalue weighted by Gasteiger charge is -2.38. The highest BCUT2D eigenvalue weighted by Crippen LogP contribution is 2.31. The number of aromatic hydroxyl groups is 1. The third kappa shape index (κ3) is 8.60. The number of benzene rings is 3. The van der Waals surface area contributed by atoms with Gasteiger partial charge in [0.05, 0.1) is 0 Å². The van der Waals surface area contributed by atoms with Crippen LogP contribution >= 0.6 is 0 Å². The smallest absolute Gasteiger partial charge is 0.408 e. The van der Waals surface area contributed by atoms with Crippen molar-refractivity contribution in [2.75, 3.05) is 5.32 Å². The van der Waals surface area contributed by atoms with Gasteiger partial charge in [0.1, 0.15) is 23.4 Å². The van der Waals surface area contributed by atoms with Crippen LogP contribution in [0, 0.1) is 27.7 Å². The largest absolute Gasteiger partial charge is 0.508 e. The summed E-state index contributed by atoms with van der Waals surface area (Å²) in [4.78, 5) is 43.4. The summed E-state index contributed by atoms with van der Waals surface area (Å²) in [6.07, 6.45) is -0.615. The summed E-state index contributed by atoms with van der Waals surface area (Å²) in [6, 6.07) is 15.5. The summed E-state index contributed by atoms with van der Waals surface area (Å²) in [6.45, 7) is 16.7. The van der Waals surface area contributed by atoms with Crippen molar-refractivity contribution < 1.29 is 24.2 Å². The van der Waals surface area contributed by atoms with Gasteiger partial charge >= 0.3 is 6.09 Å². The average Bonchev–Trinajstić information content (AvgIpc) is 2.90. The minimum atomic E-state index is -1.05. The van der Waals surface area contributed by atoms with Crippen LogP contribution < -0.4 is 10.6 Å². The van der Waals surface area contributed by atoms with Gasteiger partial charge in [-0.3, -0.25) is 9.59 Å². The lowest BCUT2D eigenvalue weighted by atomic mass is 9.93.